The Bertz CT molecular complexity index is 360. The van der Waals surface area contributed by atoms with Crippen LogP contribution in [0.1, 0.15) is 19.0 Å². The van der Waals surface area contributed by atoms with Gasteiger partial charge in [0.1, 0.15) is 0 Å². The van der Waals surface area contributed by atoms with Gasteiger partial charge < -0.3 is 10.6 Å². The lowest BCUT2D eigenvalue weighted by molar-refractivity contribution is 0.151. The molecule has 0 saturated carbocycles. The Kier molecular flexibility index (Phi) is 5.09. The lowest BCUT2D eigenvalue weighted by Crippen LogP contribution is -2.33. The highest BCUT2D eigenvalue weighted by molar-refractivity contribution is 9.10. The molecule has 6 heteroatoms. The lowest BCUT2D eigenvalue weighted by atomic mass is 9.99. The number of aromatic nitrogens is 2. The van der Waals surface area contributed by atoms with Crippen LogP contribution in [0.15, 0.2) is 10.7 Å². The van der Waals surface area contributed by atoms with Crippen molar-refractivity contribution >= 4 is 15.9 Å². The number of halogens is 2. The molecule has 0 saturated heterocycles. The summed E-state index contributed by atoms with van der Waals surface area (Å²) in [6.45, 7) is 3.23. The van der Waals surface area contributed by atoms with Crippen LogP contribution in [0.5, 0.6) is 0 Å². The van der Waals surface area contributed by atoms with E-state index in [1.807, 2.05) is 19.0 Å². The number of nitrogens with zero attached hydrogens (tertiary/aromatic N) is 3. The third-order valence-electron chi connectivity index (χ3n) is 2.86. The molecular weight excluding hydrogens is 287 g/mol. The zero-order chi connectivity index (χ0) is 13.1. The molecule has 0 radical (unpaired) electrons. The van der Waals surface area contributed by atoms with E-state index < -0.39 is 5.67 Å². The monoisotopic (exact) mass is 306 g/mol. The van der Waals surface area contributed by atoms with Crippen molar-refractivity contribution in [2.24, 2.45) is 5.73 Å². The van der Waals surface area contributed by atoms with Crippen LogP contribution in [-0.2, 0) is 12.2 Å². The van der Waals surface area contributed by atoms with Gasteiger partial charge in [-0.15, -0.1) is 0 Å². The van der Waals surface area contributed by atoms with Gasteiger partial charge in [0.15, 0.2) is 5.67 Å². The highest BCUT2D eigenvalue weighted by atomic mass is 79.9. The first-order valence-electron chi connectivity index (χ1n) is 5.70. The topological polar surface area (TPSA) is 47.1 Å². The van der Waals surface area contributed by atoms with E-state index in [0.717, 1.165) is 6.54 Å². The molecule has 0 fully saturated rings. The first-order chi connectivity index (χ1) is 7.94. The Morgan fingerprint density at radius 2 is 2.24 bits per heavy atom. The molecule has 1 unspecified atom stereocenters. The van der Waals surface area contributed by atoms with Crippen LogP contribution >= 0.6 is 15.9 Å². The van der Waals surface area contributed by atoms with Crippen LogP contribution in [-0.4, -0.2) is 41.9 Å². The largest absolute Gasteiger partial charge is 0.327 e. The van der Waals surface area contributed by atoms with Crippen molar-refractivity contribution in [3.63, 3.8) is 0 Å². The fourth-order valence-corrected chi connectivity index (χ4v) is 2.33. The normalized spacial score (nSPS) is 15.2. The number of alkyl halides is 1. The first kappa shape index (κ1) is 14.6. The highest BCUT2D eigenvalue weighted by Crippen LogP contribution is 2.33. The molecule has 1 aromatic rings. The summed E-state index contributed by atoms with van der Waals surface area (Å²) in [6.07, 6.45) is 1.97. The maximum Gasteiger partial charge on any atom is 0.165 e. The van der Waals surface area contributed by atoms with Gasteiger partial charge in [-0.1, -0.05) is 6.92 Å². The third kappa shape index (κ3) is 3.26. The van der Waals surface area contributed by atoms with Crippen molar-refractivity contribution in [1.82, 2.24) is 14.7 Å². The first-order valence-corrected chi connectivity index (χ1v) is 6.49. The minimum Gasteiger partial charge on any atom is -0.327 e. The summed E-state index contributed by atoms with van der Waals surface area (Å²) in [5.74, 6) is 0. The van der Waals surface area contributed by atoms with Crippen molar-refractivity contribution in [1.29, 1.82) is 0 Å². The van der Waals surface area contributed by atoms with E-state index in [4.69, 9.17) is 5.73 Å². The average molecular weight is 307 g/mol. The number of rotatable bonds is 6. The summed E-state index contributed by atoms with van der Waals surface area (Å²) >= 11 is 3.35. The second-order valence-electron chi connectivity index (χ2n) is 4.39. The number of nitrogens with two attached hydrogens (primary N) is 1. The van der Waals surface area contributed by atoms with Crippen LogP contribution < -0.4 is 5.73 Å². The molecule has 0 spiro atoms. The Morgan fingerprint density at radius 1 is 1.59 bits per heavy atom. The van der Waals surface area contributed by atoms with Crippen LogP contribution in [0, 0.1) is 0 Å². The summed E-state index contributed by atoms with van der Waals surface area (Å²) in [5, 5.41) is 4.20. The minimum absolute atomic E-state index is 0.0320. The smallest absolute Gasteiger partial charge is 0.165 e. The van der Waals surface area contributed by atoms with E-state index in [9.17, 15) is 4.39 Å². The lowest BCUT2D eigenvalue weighted by Gasteiger charge is -2.24. The molecule has 98 valence electrons. The van der Waals surface area contributed by atoms with E-state index in [-0.39, 0.29) is 6.54 Å². The van der Waals surface area contributed by atoms with Gasteiger partial charge in [0.2, 0.25) is 0 Å². The molecule has 1 atom stereocenters. The maximum absolute atomic E-state index is 14.6. The fourth-order valence-electron chi connectivity index (χ4n) is 1.68. The molecule has 0 aliphatic rings. The molecule has 4 nitrogen and oxygen atoms in total. The van der Waals surface area contributed by atoms with Gasteiger partial charge in [-0.25, -0.2) is 4.39 Å². The summed E-state index contributed by atoms with van der Waals surface area (Å²) in [7, 11) is 3.95. The van der Waals surface area contributed by atoms with Gasteiger partial charge in [0.05, 0.1) is 22.9 Å². The SMILES string of the molecule is CCC(F)(CN)c1c(Br)cnn1CCN(C)C. The fraction of sp³-hybridized carbons (Fsp3) is 0.727. The molecule has 1 rings (SSSR count). The summed E-state index contributed by atoms with van der Waals surface area (Å²) < 4.78 is 17.0. The summed E-state index contributed by atoms with van der Waals surface area (Å²) in [4.78, 5) is 2.04. The second kappa shape index (κ2) is 5.93. The highest BCUT2D eigenvalue weighted by Gasteiger charge is 2.34. The van der Waals surface area contributed by atoms with Crippen LogP contribution in [0.25, 0.3) is 0 Å². The molecule has 17 heavy (non-hydrogen) atoms. The minimum atomic E-state index is -1.51. The van der Waals surface area contributed by atoms with E-state index in [1.54, 1.807) is 17.8 Å². The van der Waals surface area contributed by atoms with Crippen molar-refractivity contribution in [2.75, 3.05) is 27.2 Å². The molecular formula is C11H20BrFN4. The zero-order valence-corrected chi connectivity index (χ0v) is 12.2. The predicted octanol–water partition coefficient (Wildman–Crippen LogP) is 1.74. The average Bonchev–Trinajstić information content (AvgIpc) is 2.67. The van der Waals surface area contributed by atoms with Gasteiger partial charge >= 0.3 is 0 Å². The van der Waals surface area contributed by atoms with Crippen molar-refractivity contribution in [3.05, 3.63) is 16.4 Å². The van der Waals surface area contributed by atoms with Gasteiger partial charge in [-0.2, -0.15) is 5.10 Å². The van der Waals surface area contributed by atoms with E-state index in [1.165, 1.54) is 0 Å². The van der Waals surface area contributed by atoms with Crippen molar-refractivity contribution in [3.8, 4) is 0 Å². The Morgan fingerprint density at radius 3 is 2.71 bits per heavy atom. The standard InChI is InChI=1S/C11H20BrFN4/c1-4-11(13,8-14)10-9(12)7-15-17(10)6-5-16(2)3/h7H,4-6,8,14H2,1-3H3. The van der Waals surface area contributed by atoms with Crippen molar-refractivity contribution in [2.45, 2.75) is 25.6 Å². The van der Waals surface area contributed by atoms with Gasteiger partial charge in [-0.05, 0) is 36.4 Å². The Hall–Kier alpha value is -0.460. The zero-order valence-electron chi connectivity index (χ0n) is 10.6. The van der Waals surface area contributed by atoms with Gasteiger partial charge in [0.25, 0.3) is 0 Å². The summed E-state index contributed by atoms with van der Waals surface area (Å²) in [6, 6.07) is 0. The molecule has 0 aliphatic carbocycles. The molecule has 0 bridgehead atoms. The van der Waals surface area contributed by atoms with Gasteiger partial charge in [0, 0.05) is 13.1 Å². The van der Waals surface area contributed by atoms with Crippen LogP contribution in [0.3, 0.4) is 0 Å². The Balaban J connectivity index is 3.01. The molecule has 2 N–H and O–H groups in total. The maximum atomic E-state index is 14.6. The molecule has 0 aromatic carbocycles. The van der Waals surface area contributed by atoms with Crippen LogP contribution in [0.2, 0.25) is 0 Å². The number of likely N-dealkylation sites (N-methyl/N-ethyl adjacent to an activating group) is 1. The van der Waals surface area contributed by atoms with E-state index >= 15 is 0 Å². The molecule has 1 heterocycles. The van der Waals surface area contributed by atoms with Crippen molar-refractivity contribution < 1.29 is 4.39 Å². The van der Waals surface area contributed by atoms with Gasteiger partial charge in [-0.3, -0.25) is 4.68 Å². The van der Waals surface area contributed by atoms with Crippen LogP contribution in [0.4, 0.5) is 4.39 Å². The molecule has 0 amide bonds. The molecule has 1 aromatic heterocycles. The predicted molar refractivity (Wildman–Crippen MR) is 70.6 cm³/mol. The second-order valence-corrected chi connectivity index (χ2v) is 5.24. The quantitative estimate of drug-likeness (QED) is 0.871. The number of hydrogen-bond donors (Lipinski definition) is 1. The molecule has 0 aliphatic heterocycles. The van der Waals surface area contributed by atoms with E-state index in [2.05, 4.69) is 21.0 Å². The van der Waals surface area contributed by atoms with E-state index in [0.29, 0.717) is 23.1 Å². The summed E-state index contributed by atoms with van der Waals surface area (Å²) in [5.41, 5.74) is 4.59. The number of hydrogen-bond acceptors (Lipinski definition) is 3. The third-order valence-corrected chi connectivity index (χ3v) is 3.44. The Labute approximate surface area is 110 Å².